The third-order valence-electron chi connectivity index (χ3n) is 3.05. The Kier molecular flexibility index (Phi) is 4.85. The smallest absolute Gasteiger partial charge is 0.162 e. The molecule has 0 saturated heterocycles. The molecule has 0 unspecified atom stereocenters. The van der Waals surface area contributed by atoms with Crippen LogP contribution in [0.3, 0.4) is 0 Å². The average molecular weight is 201 g/mol. The first-order valence-corrected chi connectivity index (χ1v) is 5.80. The van der Waals surface area contributed by atoms with Crippen molar-refractivity contribution in [2.45, 2.75) is 69.6 Å². The largest absolute Gasteiger partial charge is 0.366 e. The molecule has 0 atom stereocenters. The third kappa shape index (κ3) is 4.94. The highest BCUT2D eigenvalue weighted by molar-refractivity contribution is 4.69. The van der Waals surface area contributed by atoms with Gasteiger partial charge in [0.05, 0.1) is 0 Å². The minimum absolute atomic E-state index is 0.546. The molecule has 0 spiro atoms. The second-order valence-electron chi connectivity index (χ2n) is 4.59. The van der Waals surface area contributed by atoms with Gasteiger partial charge < -0.3 is 15.9 Å². The van der Waals surface area contributed by atoms with Crippen molar-refractivity contribution in [3.05, 3.63) is 0 Å². The van der Waals surface area contributed by atoms with Crippen molar-refractivity contribution in [2.75, 3.05) is 0 Å². The minimum Gasteiger partial charge on any atom is -0.366 e. The molecule has 0 aromatic carbocycles. The molecule has 2 aliphatic rings. The fourth-order valence-electron chi connectivity index (χ4n) is 2.08. The van der Waals surface area contributed by atoms with Crippen molar-refractivity contribution in [1.29, 1.82) is 0 Å². The maximum Gasteiger partial charge on any atom is 0.162 e. The zero-order chi connectivity index (χ0) is 10.4. The first-order chi connectivity index (χ1) is 6.60. The van der Waals surface area contributed by atoms with E-state index in [0.29, 0.717) is 18.9 Å². The first-order valence-electron chi connectivity index (χ1n) is 5.80. The summed E-state index contributed by atoms with van der Waals surface area (Å²) in [6.07, 6.45) is 9.46. The zero-order valence-electron chi connectivity index (χ0n) is 8.91. The van der Waals surface area contributed by atoms with Gasteiger partial charge in [0.1, 0.15) is 0 Å². The van der Waals surface area contributed by atoms with Gasteiger partial charge in [-0.25, -0.2) is 0 Å². The fourth-order valence-corrected chi connectivity index (χ4v) is 2.08. The molecule has 0 heterocycles. The minimum atomic E-state index is -1.32. The van der Waals surface area contributed by atoms with Crippen LogP contribution in [0.15, 0.2) is 0 Å². The predicted molar refractivity (Wildman–Crippen MR) is 56.7 cm³/mol. The maximum absolute atomic E-state index is 8.93. The highest BCUT2D eigenvalue weighted by Crippen LogP contribution is 2.24. The second-order valence-corrected chi connectivity index (χ2v) is 4.59. The Balaban J connectivity index is 0.000000146. The van der Waals surface area contributed by atoms with Crippen molar-refractivity contribution in [2.24, 2.45) is 5.73 Å². The van der Waals surface area contributed by atoms with Crippen LogP contribution >= 0.6 is 0 Å². The van der Waals surface area contributed by atoms with Gasteiger partial charge in [0.15, 0.2) is 5.79 Å². The fraction of sp³-hybridized carbons (Fsp3) is 1.00. The van der Waals surface area contributed by atoms with Gasteiger partial charge in [-0.3, -0.25) is 0 Å². The van der Waals surface area contributed by atoms with Gasteiger partial charge in [0.2, 0.25) is 0 Å². The summed E-state index contributed by atoms with van der Waals surface area (Å²) < 4.78 is 0. The van der Waals surface area contributed by atoms with Crippen LogP contribution in [0, 0.1) is 0 Å². The molecule has 0 bridgehead atoms. The van der Waals surface area contributed by atoms with Crippen LogP contribution in [-0.2, 0) is 0 Å². The molecule has 3 nitrogen and oxygen atoms in total. The summed E-state index contributed by atoms with van der Waals surface area (Å²) in [5.74, 6) is -1.32. The monoisotopic (exact) mass is 201 g/mol. The van der Waals surface area contributed by atoms with Crippen LogP contribution in [0.25, 0.3) is 0 Å². The van der Waals surface area contributed by atoms with E-state index in [-0.39, 0.29) is 0 Å². The van der Waals surface area contributed by atoms with Crippen molar-refractivity contribution < 1.29 is 10.2 Å². The van der Waals surface area contributed by atoms with Crippen LogP contribution in [-0.4, -0.2) is 22.0 Å². The van der Waals surface area contributed by atoms with E-state index >= 15 is 0 Å². The van der Waals surface area contributed by atoms with Crippen molar-refractivity contribution >= 4 is 0 Å². The van der Waals surface area contributed by atoms with E-state index in [1.54, 1.807) is 0 Å². The Bertz CT molecular complexity index is 145. The van der Waals surface area contributed by atoms with Crippen LogP contribution in [0.4, 0.5) is 0 Å². The summed E-state index contributed by atoms with van der Waals surface area (Å²) in [7, 11) is 0. The van der Waals surface area contributed by atoms with Gasteiger partial charge in [-0.2, -0.15) is 0 Å². The molecule has 2 rings (SSSR count). The molecule has 0 aromatic rings. The molecule has 14 heavy (non-hydrogen) atoms. The summed E-state index contributed by atoms with van der Waals surface area (Å²) >= 11 is 0. The predicted octanol–water partition coefficient (Wildman–Crippen LogP) is 1.52. The Morgan fingerprint density at radius 2 is 1.36 bits per heavy atom. The molecule has 2 aliphatic carbocycles. The first kappa shape index (κ1) is 12.0. The summed E-state index contributed by atoms with van der Waals surface area (Å²) in [5.41, 5.74) is 5.53. The molecule has 2 saturated carbocycles. The number of rotatable bonds is 0. The molecular formula is C11H23NO2. The lowest BCUT2D eigenvalue weighted by Gasteiger charge is -2.25. The highest BCUT2D eigenvalue weighted by atomic mass is 16.5. The number of nitrogens with two attached hydrogens (primary N) is 1. The second kappa shape index (κ2) is 5.69. The zero-order valence-corrected chi connectivity index (χ0v) is 8.91. The lowest BCUT2D eigenvalue weighted by atomic mass is 9.95. The summed E-state index contributed by atoms with van der Waals surface area (Å²) in [6.45, 7) is 0. The van der Waals surface area contributed by atoms with E-state index in [2.05, 4.69) is 0 Å². The number of hydrogen-bond donors (Lipinski definition) is 3. The normalized spacial score (nSPS) is 26.8. The summed E-state index contributed by atoms with van der Waals surface area (Å²) in [6, 6.07) is 0.546. The molecule has 0 aromatic heterocycles. The Morgan fingerprint density at radius 3 is 1.57 bits per heavy atom. The Labute approximate surface area is 86.3 Å². The molecule has 0 amide bonds. The van der Waals surface area contributed by atoms with Crippen LogP contribution in [0.1, 0.15) is 57.8 Å². The molecule has 2 fully saturated rings. The number of aliphatic hydroxyl groups is 2. The Morgan fingerprint density at radius 1 is 0.857 bits per heavy atom. The van der Waals surface area contributed by atoms with Crippen molar-refractivity contribution in [1.82, 2.24) is 0 Å². The van der Waals surface area contributed by atoms with Crippen molar-refractivity contribution in [3.63, 3.8) is 0 Å². The molecular weight excluding hydrogens is 178 g/mol. The molecule has 4 N–H and O–H groups in total. The molecule has 0 radical (unpaired) electrons. The maximum atomic E-state index is 8.93. The lowest BCUT2D eigenvalue weighted by Crippen LogP contribution is -2.30. The van der Waals surface area contributed by atoms with E-state index in [4.69, 9.17) is 15.9 Å². The van der Waals surface area contributed by atoms with Crippen LogP contribution in [0.5, 0.6) is 0 Å². The van der Waals surface area contributed by atoms with E-state index in [1.165, 1.54) is 25.7 Å². The van der Waals surface area contributed by atoms with Gasteiger partial charge >= 0.3 is 0 Å². The van der Waals surface area contributed by atoms with Gasteiger partial charge in [0.25, 0.3) is 0 Å². The average Bonchev–Trinajstić information content (AvgIpc) is 2.56. The topological polar surface area (TPSA) is 66.5 Å². The van der Waals surface area contributed by atoms with Gasteiger partial charge in [-0.15, -0.1) is 0 Å². The van der Waals surface area contributed by atoms with Gasteiger partial charge in [-0.05, 0) is 25.7 Å². The highest BCUT2D eigenvalue weighted by Gasteiger charge is 2.24. The number of hydrogen-bond acceptors (Lipinski definition) is 3. The standard InChI is InChI=1S/C6H12O2.C5H11N/c7-6(8)4-2-1-3-5-6;6-5-3-1-2-4-5/h7-8H,1-5H2;5H,1-4,6H2. The van der Waals surface area contributed by atoms with E-state index in [1.807, 2.05) is 0 Å². The Hall–Kier alpha value is -0.120. The van der Waals surface area contributed by atoms with E-state index in [0.717, 1.165) is 19.3 Å². The molecule has 3 heteroatoms. The molecule has 84 valence electrons. The SMILES string of the molecule is NC1CCCC1.OC1(O)CCCCC1. The van der Waals surface area contributed by atoms with Crippen LogP contribution < -0.4 is 5.73 Å². The quantitative estimate of drug-likeness (QED) is 0.521. The van der Waals surface area contributed by atoms with Crippen molar-refractivity contribution in [3.8, 4) is 0 Å². The van der Waals surface area contributed by atoms with Gasteiger partial charge in [-0.1, -0.05) is 19.3 Å². The van der Waals surface area contributed by atoms with E-state index < -0.39 is 5.79 Å². The molecule has 0 aliphatic heterocycles. The van der Waals surface area contributed by atoms with Gasteiger partial charge in [0, 0.05) is 18.9 Å². The lowest BCUT2D eigenvalue weighted by molar-refractivity contribution is -0.180. The van der Waals surface area contributed by atoms with Crippen LogP contribution in [0.2, 0.25) is 0 Å². The van der Waals surface area contributed by atoms with E-state index in [9.17, 15) is 0 Å². The summed E-state index contributed by atoms with van der Waals surface area (Å²) in [5, 5.41) is 17.9. The third-order valence-corrected chi connectivity index (χ3v) is 3.05. The summed E-state index contributed by atoms with van der Waals surface area (Å²) in [4.78, 5) is 0.